The minimum atomic E-state index is -4.78. The molecule has 0 aliphatic carbocycles. The quantitative estimate of drug-likeness (QED) is 0.489. The largest absolute Gasteiger partial charge is 0.573 e. The summed E-state index contributed by atoms with van der Waals surface area (Å²) in [6, 6.07) is 15.4. The van der Waals surface area contributed by atoms with Crippen molar-refractivity contribution in [3.8, 4) is 34.0 Å². The van der Waals surface area contributed by atoms with Crippen LogP contribution in [0.1, 0.15) is 0 Å². The molecule has 28 heavy (non-hydrogen) atoms. The molecule has 1 aromatic heterocycles. The SMILES string of the molecule is FC(F)(F)Oc1ccc(-c2cccc(-c3ccc(OC(F)(F)F)cc3)n2)cc1. The summed E-state index contributed by atoms with van der Waals surface area (Å²) < 4.78 is 81.0. The molecule has 2 aromatic carbocycles. The highest BCUT2D eigenvalue weighted by atomic mass is 19.4. The average molecular weight is 399 g/mol. The number of halogens is 6. The van der Waals surface area contributed by atoms with Crippen LogP contribution in [0.25, 0.3) is 22.5 Å². The minimum Gasteiger partial charge on any atom is -0.406 e. The van der Waals surface area contributed by atoms with Gasteiger partial charge in [-0.05, 0) is 60.7 Å². The summed E-state index contributed by atoms with van der Waals surface area (Å²) in [7, 11) is 0. The predicted octanol–water partition coefficient (Wildman–Crippen LogP) is 6.21. The van der Waals surface area contributed by atoms with Crippen molar-refractivity contribution in [3.05, 3.63) is 66.7 Å². The summed E-state index contributed by atoms with van der Waals surface area (Å²) in [5.74, 6) is -0.708. The number of hydrogen-bond donors (Lipinski definition) is 0. The number of nitrogens with zero attached hydrogens (tertiary/aromatic N) is 1. The molecule has 0 fully saturated rings. The molecular formula is C19H11F6NO2. The lowest BCUT2D eigenvalue weighted by atomic mass is 10.1. The van der Waals surface area contributed by atoms with Crippen LogP contribution in [0.15, 0.2) is 66.7 Å². The van der Waals surface area contributed by atoms with Crippen LogP contribution in [-0.4, -0.2) is 17.7 Å². The van der Waals surface area contributed by atoms with Gasteiger partial charge in [0.1, 0.15) is 11.5 Å². The van der Waals surface area contributed by atoms with Gasteiger partial charge in [-0.1, -0.05) is 6.07 Å². The predicted molar refractivity (Wildman–Crippen MR) is 88.5 cm³/mol. The van der Waals surface area contributed by atoms with E-state index in [0.29, 0.717) is 22.5 Å². The first-order chi connectivity index (χ1) is 13.1. The monoisotopic (exact) mass is 399 g/mol. The second-order valence-corrected chi connectivity index (χ2v) is 5.55. The Morgan fingerprint density at radius 3 is 1.21 bits per heavy atom. The maximum atomic E-state index is 12.2. The van der Waals surface area contributed by atoms with E-state index in [4.69, 9.17) is 0 Å². The van der Waals surface area contributed by atoms with Crippen LogP contribution in [0.5, 0.6) is 11.5 Å². The summed E-state index contributed by atoms with van der Waals surface area (Å²) in [6.45, 7) is 0. The molecular weight excluding hydrogens is 388 g/mol. The van der Waals surface area contributed by atoms with Crippen molar-refractivity contribution in [1.29, 1.82) is 0 Å². The van der Waals surface area contributed by atoms with Crippen LogP contribution in [0, 0.1) is 0 Å². The lowest BCUT2D eigenvalue weighted by Gasteiger charge is -2.10. The molecule has 0 radical (unpaired) electrons. The van der Waals surface area contributed by atoms with Gasteiger partial charge in [0.15, 0.2) is 0 Å². The fraction of sp³-hybridized carbons (Fsp3) is 0.105. The van der Waals surface area contributed by atoms with Gasteiger partial charge in [0, 0.05) is 11.1 Å². The molecule has 0 saturated heterocycles. The Labute approximate surface area is 155 Å². The van der Waals surface area contributed by atoms with E-state index in [9.17, 15) is 26.3 Å². The summed E-state index contributed by atoms with van der Waals surface area (Å²) in [4.78, 5) is 4.40. The summed E-state index contributed by atoms with van der Waals surface area (Å²) >= 11 is 0. The van der Waals surface area contributed by atoms with Crippen molar-refractivity contribution in [2.75, 3.05) is 0 Å². The van der Waals surface area contributed by atoms with E-state index < -0.39 is 12.7 Å². The van der Waals surface area contributed by atoms with Crippen LogP contribution in [0.4, 0.5) is 26.3 Å². The van der Waals surface area contributed by atoms with E-state index in [-0.39, 0.29) is 11.5 Å². The molecule has 0 atom stereocenters. The Hall–Kier alpha value is -3.23. The number of ether oxygens (including phenoxy) is 2. The molecule has 0 unspecified atom stereocenters. The van der Waals surface area contributed by atoms with Crippen molar-refractivity contribution >= 4 is 0 Å². The van der Waals surface area contributed by atoms with Crippen molar-refractivity contribution in [3.63, 3.8) is 0 Å². The van der Waals surface area contributed by atoms with Crippen LogP contribution in [-0.2, 0) is 0 Å². The van der Waals surface area contributed by atoms with Gasteiger partial charge in [-0.2, -0.15) is 0 Å². The third kappa shape index (κ3) is 5.38. The zero-order valence-electron chi connectivity index (χ0n) is 13.9. The molecule has 146 valence electrons. The zero-order valence-corrected chi connectivity index (χ0v) is 13.9. The first kappa shape index (κ1) is 19.5. The molecule has 0 aliphatic rings. The van der Waals surface area contributed by atoms with Gasteiger partial charge in [-0.3, -0.25) is 0 Å². The van der Waals surface area contributed by atoms with Crippen molar-refractivity contribution in [1.82, 2.24) is 4.98 Å². The van der Waals surface area contributed by atoms with E-state index in [1.165, 1.54) is 48.5 Å². The molecule has 1 heterocycles. The maximum absolute atomic E-state index is 12.2. The summed E-state index contributed by atoms with van der Waals surface area (Å²) in [5, 5.41) is 0. The Morgan fingerprint density at radius 1 is 0.536 bits per heavy atom. The van der Waals surface area contributed by atoms with E-state index in [0.717, 1.165) is 0 Å². The lowest BCUT2D eigenvalue weighted by Crippen LogP contribution is -2.16. The Bertz CT molecular complexity index is 860. The van der Waals surface area contributed by atoms with Crippen LogP contribution < -0.4 is 9.47 Å². The Kier molecular flexibility index (Phi) is 5.17. The molecule has 3 nitrogen and oxygen atoms in total. The molecule has 0 bridgehead atoms. The normalized spacial score (nSPS) is 11.9. The first-order valence-corrected chi connectivity index (χ1v) is 7.78. The molecule has 3 aromatic rings. The fourth-order valence-electron chi connectivity index (χ4n) is 2.41. The third-order valence-corrected chi connectivity index (χ3v) is 3.52. The van der Waals surface area contributed by atoms with E-state index >= 15 is 0 Å². The molecule has 3 rings (SSSR count). The smallest absolute Gasteiger partial charge is 0.406 e. The van der Waals surface area contributed by atoms with Gasteiger partial charge < -0.3 is 9.47 Å². The molecule has 0 amide bonds. The van der Waals surface area contributed by atoms with Crippen LogP contribution in [0.2, 0.25) is 0 Å². The highest BCUT2D eigenvalue weighted by molar-refractivity contribution is 5.66. The van der Waals surface area contributed by atoms with Gasteiger partial charge in [-0.15, -0.1) is 26.3 Å². The van der Waals surface area contributed by atoms with Crippen molar-refractivity contribution in [2.45, 2.75) is 12.7 Å². The molecule has 0 aliphatic heterocycles. The second-order valence-electron chi connectivity index (χ2n) is 5.55. The Morgan fingerprint density at radius 2 is 0.893 bits per heavy atom. The van der Waals surface area contributed by atoms with Crippen LogP contribution >= 0.6 is 0 Å². The van der Waals surface area contributed by atoms with Crippen molar-refractivity contribution < 1.29 is 35.8 Å². The highest BCUT2D eigenvalue weighted by Gasteiger charge is 2.31. The summed E-state index contributed by atoms with van der Waals surface area (Å²) in [5.41, 5.74) is 2.06. The minimum absolute atomic E-state index is 0.354. The number of aromatic nitrogens is 1. The summed E-state index contributed by atoms with van der Waals surface area (Å²) in [6.07, 6.45) is -9.55. The van der Waals surface area contributed by atoms with Gasteiger partial charge in [0.05, 0.1) is 11.4 Å². The number of pyridine rings is 1. The molecule has 0 saturated carbocycles. The number of alkyl halides is 6. The van der Waals surface area contributed by atoms with Gasteiger partial charge in [-0.25, -0.2) is 4.98 Å². The third-order valence-electron chi connectivity index (χ3n) is 3.52. The topological polar surface area (TPSA) is 31.4 Å². The van der Waals surface area contributed by atoms with E-state index in [1.807, 2.05) is 0 Å². The molecule has 9 heteroatoms. The average Bonchev–Trinajstić information content (AvgIpc) is 2.60. The number of rotatable bonds is 4. The van der Waals surface area contributed by atoms with Gasteiger partial charge in [0.2, 0.25) is 0 Å². The fourth-order valence-corrected chi connectivity index (χ4v) is 2.41. The zero-order chi connectivity index (χ0) is 20.4. The second kappa shape index (κ2) is 7.41. The highest BCUT2D eigenvalue weighted by Crippen LogP contribution is 2.29. The first-order valence-electron chi connectivity index (χ1n) is 7.78. The Balaban J connectivity index is 1.80. The number of benzene rings is 2. The van der Waals surface area contributed by atoms with E-state index in [2.05, 4.69) is 14.5 Å². The standard InChI is InChI=1S/C19H11F6NO2/c20-18(21,22)27-14-8-4-12(5-9-14)16-2-1-3-17(26-16)13-6-10-15(11-7-13)28-19(23,24)25/h1-11H. The molecule has 0 spiro atoms. The lowest BCUT2D eigenvalue weighted by molar-refractivity contribution is -0.275. The van der Waals surface area contributed by atoms with Crippen molar-refractivity contribution in [2.24, 2.45) is 0 Å². The molecule has 0 N–H and O–H groups in total. The maximum Gasteiger partial charge on any atom is 0.573 e. The van der Waals surface area contributed by atoms with Gasteiger partial charge in [0.25, 0.3) is 0 Å². The van der Waals surface area contributed by atoms with E-state index in [1.54, 1.807) is 18.2 Å². The van der Waals surface area contributed by atoms with Gasteiger partial charge >= 0.3 is 12.7 Å². The van der Waals surface area contributed by atoms with Crippen LogP contribution in [0.3, 0.4) is 0 Å². The number of hydrogen-bond acceptors (Lipinski definition) is 3.